The number of fused-ring (bicyclic) bond motifs is 1. The molecule has 6 nitrogen and oxygen atoms in total. The Morgan fingerprint density at radius 3 is 2.48 bits per heavy atom. The third-order valence-corrected chi connectivity index (χ3v) is 6.24. The minimum absolute atomic E-state index is 0.105. The smallest absolute Gasteiger partial charge is 0.269 e. The summed E-state index contributed by atoms with van der Waals surface area (Å²) in [5.41, 5.74) is 3.66. The number of non-ortho nitro benzene ring substituents is 1. The van der Waals surface area contributed by atoms with Crippen LogP contribution in [0.4, 0.5) is 5.69 Å². The molecular weight excluding hydrogens is 388 g/mol. The van der Waals surface area contributed by atoms with Crippen LogP contribution in [0.2, 0.25) is 0 Å². The highest BCUT2D eigenvalue weighted by atomic mass is 32.1. The summed E-state index contributed by atoms with van der Waals surface area (Å²) >= 11 is 1.73. The Labute approximate surface area is 173 Å². The topological polar surface area (TPSA) is 64.8 Å². The van der Waals surface area contributed by atoms with Gasteiger partial charge in [-0.2, -0.15) is 0 Å². The van der Waals surface area contributed by atoms with Crippen LogP contribution in [0.15, 0.2) is 53.9 Å². The predicted molar refractivity (Wildman–Crippen MR) is 113 cm³/mol. The molecule has 2 aromatic carbocycles. The Hall–Kier alpha value is -2.90. The lowest BCUT2D eigenvalue weighted by atomic mass is 9.90. The largest absolute Gasteiger partial charge is 0.493 e. The second-order valence-electron chi connectivity index (χ2n) is 6.97. The molecule has 0 bridgehead atoms. The van der Waals surface area contributed by atoms with Gasteiger partial charge in [-0.05, 0) is 46.7 Å². The number of benzene rings is 2. The lowest BCUT2D eigenvalue weighted by Crippen LogP contribution is -2.35. The van der Waals surface area contributed by atoms with E-state index in [0.29, 0.717) is 6.54 Å². The summed E-state index contributed by atoms with van der Waals surface area (Å²) in [7, 11) is 3.31. The van der Waals surface area contributed by atoms with Crippen molar-refractivity contribution in [2.24, 2.45) is 0 Å². The average molecular weight is 410 g/mol. The van der Waals surface area contributed by atoms with Crippen LogP contribution in [0, 0.1) is 10.1 Å². The van der Waals surface area contributed by atoms with Gasteiger partial charge in [0.1, 0.15) is 0 Å². The number of nitrogens with zero attached hydrogens (tertiary/aromatic N) is 2. The third-order valence-electron chi connectivity index (χ3n) is 5.32. The molecular formula is C22H22N2O4S. The number of thiophene rings is 1. The molecule has 0 spiro atoms. The molecule has 0 N–H and O–H groups in total. The Balaban J connectivity index is 1.71. The molecule has 2 heterocycles. The van der Waals surface area contributed by atoms with Crippen molar-refractivity contribution < 1.29 is 14.4 Å². The van der Waals surface area contributed by atoms with Crippen LogP contribution < -0.4 is 9.47 Å². The zero-order chi connectivity index (χ0) is 20.4. The Morgan fingerprint density at radius 2 is 1.86 bits per heavy atom. The summed E-state index contributed by atoms with van der Waals surface area (Å²) < 4.78 is 11.0. The molecule has 0 aliphatic carbocycles. The van der Waals surface area contributed by atoms with E-state index in [1.807, 2.05) is 12.1 Å². The van der Waals surface area contributed by atoms with Crippen molar-refractivity contribution in [2.75, 3.05) is 20.8 Å². The fraction of sp³-hybridized carbons (Fsp3) is 0.273. The minimum atomic E-state index is -0.366. The molecule has 4 rings (SSSR count). The van der Waals surface area contributed by atoms with Crippen LogP contribution in [-0.2, 0) is 13.0 Å². The van der Waals surface area contributed by atoms with E-state index >= 15 is 0 Å². The number of rotatable bonds is 6. The maximum Gasteiger partial charge on any atom is 0.269 e. The second kappa shape index (κ2) is 8.23. The Bertz CT molecular complexity index is 1000. The standard InChI is InChI=1S/C22H22N2O4S/c1-27-19-12-16-9-10-23(14-15-5-7-17(8-6-15)24(25)26)22(21-4-3-11-29-21)18(16)13-20(19)28-2/h3-8,11-13,22H,9-10,14H2,1-2H3. The van der Waals surface area contributed by atoms with Crippen molar-refractivity contribution >= 4 is 17.0 Å². The van der Waals surface area contributed by atoms with Crippen LogP contribution in [0.1, 0.15) is 27.6 Å². The van der Waals surface area contributed by atoms with Crippen molar-refractivity contribution in [1.29, 1.82) is 0 Å². The van der Waals surface area contributed by atoms with Crippen LogP contribution in [-0.4, -0.2) is 30.6 Å². The molecule has 7 heteroatoms. The average Bonchev–Trinajstić information content (AvgIpc) is 3.27. The lowest BCUT2D eigenvalue weighted by molar-refractivity contribution is -0.384. The van der Waals surface area contributed by atoms with E-state index in [9.17, 15) is 10.1 Å². The van der Waals surface area contributed by atoms with Crippen molar-refractivity contribution in [1.82, 2.24) is 4.90 Å². The monoisotopic (exact) mass is 410 g/mol. The van der Waals surface area contributed by atoms with E-state index in [0.717, 1.165) is 30.0 Å². The summed E-state index contributed by atoms with van der Waals surface area (Å²) in [6.07, 6.45) is 0.907. The number of nitro benzene ring substituents is 1. The van der Waals surface area contributed by atoms with Gasteiger partial charge in [-0.25, -0.2) is 0 Å². The number of hydrogen-bond donors (Lipinski definition) is 0. The predicted octanol–water partition coefficient (Wildman–Crippen LogP) is 4.82. The highest BCUT2D eigenvalue weighted by Gasteiger charge is 2.31. The number of ether oxygens (including phenoxy) is 2. The van der Waals surface area contributed by atoms with Crippen molar-refractivity contribution in [2.45, 2.75) is 19.0 Å². The van der Waals surface area contributed by atoms with Crippen molar-refractivity contribution in [3.8, 4) is 11.5 Å². The van der Waals surface area contributed by atoms with Crippen molar-refractivity contribution in [3.63, 3.8) is 0 Å². The summed E-state index contributed by atoms with van der Waals surface area (Å²) in [6, 6.07) is 15.3. The molecule has 1 atom stereocenters. The maximum atomic E-state index is 10.9. The summed E-state index contributed by atoms with van der Waals surface area (Å²) in [4.78, 5) is 14.2. The fourth-order valence-corrected chi connectivity index (χ4v) is 4.78. The number of nitro groups is 1. The van der Waals surface area contributed by atoms with E-state index < -0.39 is 0 Å². The quantitative estimate of drug-likeness (QED) is 0.431. The molecule has 0 saturated carbocycles. The van der Waals surface area contributed by atoms with Gasteiger partial charge in [0.15, 0.2) is 11.5 Å². The summed E-state index contributed by atoms with van der Waals surface area (Å²) in [5, 5.41) is 13.0. The molecule has 0 fully saturated rings. The highest BCUT2D eigenvalue weighted by Crippen LogP contribution is 2.42. The zero-order valence-electron chi connectivity index (χ0n) is 16.3. The zero-order valence-corrected chi connectivity index (χ0v) is 17.1. The van der Waals surface area contributed by atoms with Gasteiger partial charge in [0.2, 0.25) is 0 Å². The van der Waals surface area contributed by atoms with Crippen LogP contribution in [0.5, 0.6) is 11.5 Å². The van der Waals surface area contributed by atoms with Gasteiger partial charge in [-0.15, -0.1) is 11.3 Å². The maximum absolute atomic E-state index is 10.9. The molecule has 150 valence electrons. The molecule has 1 aliphatic rings. The van der Waals surface area contributed by atoms with Crippen LogP contribution in [0.3, 0.4) is 0 Å². The third kappa shape index (κ3) is 3.83. The van der Waals surface area contributed by atoms with Crippen molar-refractivity contribution in [3.05, 3.63) is 85.6 Å². The summed E-state index contributed by atoms with van der Waals surface area (Å²) in [6.45, 7) is 1.61. The minimum Gasteiger partial charge on any atom is -0.493 e. The first-order chi connectivity index (χ1) is 14.1. The van der Waals surface area contributed by atoms with Gasteiger partial charge in [0.25, 0.3) is 5.69 Å². The first-order valence-corrected chi connectivity index (χ1v) is 10.2. The van der Waals surface area contributed by atoms with E-state index in [4.69, 9.17) is 9.47 Å². The molecule has 1 aliphatic heterocycles. The van der Waals surface area contributed by atoms with Crippen LogP contribution in [0.25, 0.3) is 0 Å². The van der Waals surface area contributed by atoms with E-state index in [1.165, 1.54) is 16.0 Å². The number of methoxy groups -OCH3 is 2. The molecule has 29 heavy (non-hydrogen) atoms. The van der Waals surface area contributed by atoms with Crippen LogP contribution >= 0.6 is 11.3 Å². The fourth-order valence-electron chi connectivity index (χ4n) is 3.91. The molecule has 0 amide bonds. The molecule has 1 unspecified atom stereocenters. The van der Waals surface area contributed by atoms with Gasteiger partial charge >= 0.3 is 0 Å². The van der Waals surface area contributed by atoms with Gasteiger partial charge in [0.05, 0.1) is 25.2 Å². The van der Waals surface area contributed by atoms with Gasteiger partial charge < -0.3 is 9.47 Å². The molecule has 1 aromatic heterocycles. The first kappa shape index (κ1) is 19.4. The van der Waals surface area contributed by atoms with E-state index in [2.05, 4.69) is 34.5 Å². The molecule has 0 saturated heterocycles. The first-order valence-electron chi connectivity index (χ1n) is 9.36. The Morgan fingerprint density at radius 1 is 1.14 bits per heavy atom. The number of hydrogen-bond acceptors (Lipinski definition) is 6. The normalized spacial score (nSPS) is 16.3. The Kier molecular flexibility index (Phi) is 5.51. The summed E-state index contributed by atoms with van der Waals surface area (Å²) in [5.74, 6) is 1.48. The highest BCUT2D eigenvalue weighted by molar-refractivity contribution is 7.10. The molecule has 0 radical (unpaired) electrons. The molecule has 3 aromatic rings. The van der Waals surface area contributed by atoms with E-state index in [1.54, 1.807) is 37.7 Å². The van der Waals surface area contributed by atoms with Gasteiger partial charge in [-0.3, -0.25) is 15.0 Å². The van der Waals surface area contributed by atoms with Gasteiger partial charge in [0, 0.05) is 30.1 Å². The van der Waals surface area contributed by atoms with E-state index in [-0.39, 0.29) is 16.7 Å². The second-order valence-corrected chi connectivity index (χ2v) is 7.95. The SMILES string of the molecule is COc1cc2c(cc1OC)C(c1cccs1)N(Cc1ccc([N+](=O)[O-])cc1)CC2. The lowest BCUT2D eigenvalue weighted by Gasteiger charge is -2.37. The van der Waals surface area contributed by atoms with Gasteiger partial charge in [-0.1, -0.05) is 18.2 Å².